The van der Waals surface area contributed by atoms with Crippen molar-refractivity contribution in [3.63, 3.8) is 0 Å². The molecule has 0 bridgehead atoms. The van der Waals surface area contributed by atoms with E-state index in [9.17, 15) is 4.79 Å². The van der Waals surface area contributed by atoms with E-state index in [0.29, 0.717) is 12.6 Å². The molecule has 4 nitrogen and oxygen atoms in total. The molecule has 1 amide bonds. The van der Waals surface area contributed by atoms with E-state index in [1.54, 1.807) is 0 Å². The van der Waals surface area contributed by atoms with Crippen LogP contribution in [0.25, 0.3) is 0 Å². The van der Waals surface area contributed by atoms with Gasteiger partial charge in [-0.05, 0) is 67.9 Å². The van der Waals surface area contributed by atoms with Gasteiger partial charge in [0.15, 0.2) is 0 Å². The first-order valence-corrected chi connectivity index (χ1v) is 12.1. The van der Waals surface area contributed by atoms with Gasteiger partial charge in [-0.1, -0.05) is 43.2 Å². The van der Waals surface area contributed by atoms with Crippen LogP contribution >= 0.6 is 0 Å². The zero-order valence-electron chi connectivity index (χ0n) is 18.4. The SMILES string of the molecule is O=C(c1ccc(N2CC[C@@H](OCc3ccccc3)C2)cc1)N1CCCC2CCCCC21. The number of carbonyl (C=O) groups is 1. The quantitative estimate of drug-likeness (QED) is 0.662. The molecule has 2 heterocycles. The summed E-state index contributed by atoms with van der Waals surface area (Å²) in [5, 5.41) is 0. The van der Waals surface area contributed by atoms with Crippen molar-refractivity contribution in [1.29, 1.82) is 0 Å². The van der Waals surface area contributed by atoms with Gasteiger partial charge in [-0.25, -0.2) is 0 Å². The number of benzene rings is 2. The maximum absolute atomic E-state index is 13.3. The summed E-state index contributed by atoms with van der Waals surface area (Å²) in [7, 11) is 0. The van der Waals surface area contributed by atoms with Crippen molar-refractivity contribution < 1.29 is 9.53 Å². The summed E-state index contributed by atoms with van der Waals surface area (Å²) in [4.78, 5) is 17.8. The summed E-state index contributed by atoms with van der Waals surface area (Å²) >= 11 is 0. The van der Waals surface area contributed by atoms with Crippen molar-refractivity contribution in [2.75, 3.05) is 24.5 Å². The van der Waals surface area contributed by atoms with Gasteiger partial charge >= 0.3 is 0 Å². The van der Waals surface area contributed by atoms with E-state index < -0.39 is 0 Å². The average molecular weight is 419 g/mol. The second-order valence-electron chi connectivity index (χ2n) is 9.45. The molecule has 0 aromatic heterocycles. The number of fused-ring (bicyclic) bond motifs is 1. The van der Waals surface area contributed by atoms with Crippen molar-refractivity contribution in [3.8, 4) is 0 Å². The number of hydrogen-bond acceptors (Lipinski definition) is 3. The van der Waals surface area contributed by atoms with Crippen LogP contribution < -0.4 is 4.90 Å². The third kappa shape index (κ3) is 4.64. The van der Waals surface area contributed by atoms with Crippen LogP contribution in [-0.2, 0) is 11.3 Å². The van der Waals surface area contributed by atoms with Crippen LogP contribution in [0.4, 0.5) is 5.69 Å². The maximum Gasteiger partial charge on any atom is 0.254 e. The minimum atomic E-state index is 0.230. The maximum atomic E-state index is 13.3. The van der Waals surface area contributed by atoms with Crippen molar-refractivity contribution in [1.82, 2.24) is 4.90 Å². The minimum absolute atomic E-state index is 0.230. The first-order valence-electron chi connectivity index (χ1n) is 12.1. The summed E-state index contributed by atoms with van der Waals surface area (Å²) in [6.45, 7) is 3.51. The fraction of sp³-hybridized carbons (Fsp3) is 0.519. The number of hydrogen-bond donors (Lipinski definition) is 0. The molecule has 2 aromatic rings. The van der Waals surface area contributed by atoms with E-state index in [4.69, 9.17) is 4.74 Å². The van der Waals surface area contributed by atoms with Gasteiger partial charge in [0.1, 0.15) is 0 Å². The Kier molecular flexibility index (Phi) is 6.26. The lowest BCUT2D eigenvalue weighted by Crippen LogP contribution is -2.49. The van der Waals surface area contributed by atoms with Crippen molar-refractivity contribution in [2.45, 2.75) is 63.7 Å². The number of nitrogens with zero attached hydrogens (tertiary/aromatic N) is 2. The van der Waals surface area contributed by atoms with Crippen LogP contribution in [0.5, 0.6) is 0 Å². The summed E-state index contributed by atoms with van der Waals surface area (Å²) in [5.41, 5.74) is 3.25. The van der Waals surface area contributed by atoms with E-state index in [1.807, 2.05) is 18.2 Å². The Morgan fingerprint density at radius 3 is 2.48 bits per heavy atom. The van der Waals surface area contributed by atoms with Crippen LogP contribution in [0.2, 0.25) is 0 Å². The molecule has 4 heteroatoms. The molecule has 1 saturated carbocycles. The van der Waals surface area contributed by atoms with Crippen LogP contribution in [-0.4, -0.2) is 42.6 Å². The number of carbonyl (C=O) groups excluding carboxylic acids is 1. The number of ether oxygens (including phenoxy) is 1. The van der Waals surface area contributed by atoms with Crippen LogP contribution in [0.1, 0.15) is 60.9 Å². The summed E-state index contributed by atoms with van der Waals surface area (Å²) < 4.78 is 6.13. The second-order valence-corrected chi connectivity index (χ2v) is 9.45. The zero-order valence-corrected chi connectivity index (χ0v) is 18.4. The normalized spacial score (nSPS) is 26.0. The predicted octanol–water partition coefficient (Wildman–Crippen LogP) is 5.28. The molecule has 3 aliphatic rings. The number of likely N-dealkylation sites (tertiary alicyclic amines) is 1. The molecule has 3 fully saturated rings. The van der Waals surface area contributed by atoms with E-state index in [1.165, 1.54) is 43.4 Å². The topological polar surface area (TPSA) is 32.8 Å². The molecule has 31 heavy (non-hydrogen) atoms. The van der Waals surface area contributed by atoms with Gasteiger partial charge in [-0.2, -0.15) is 0 Å². The molecule has 2 saturated heterocycles. The number of rotatable bonds is 5. The Labute approximate surface area is 186 Å². The third-order valence-corrected chi connectivity index (χ3v) is 7.46. The molecule has 0 radical (unpaired) electrons. The van der Waals surface area contributed by atoms with Gasteiger partial charge in [-0.15, -0.1) is 0 Å². The van der Waals surface area contributed by atoms with E-state index in [2.05, 4.69) is 46.2 Å². The van der Waals surface area contributed by atoms with Gasteiger partial charge in [0.25, 0.3) is 5.91 Å². The lowest BCUT2D eigenvalue weighted by molar-refractivity contribution is 0.0390. The Balaban J connectivity index is 1.18. The monoisotopic (exact) mass is 418 g/mol. The van der Waals surface area contributed by atoms with E-state index in [-0.39, 0.29) is 12.0 Å². The Morgan fingerprint density at radius 2 is 1.65 bits per heavy atom. The standard InChI is InChI=1S/C27H34N2O2/c30-27(29-17-6-10-22-9-4-5-11-26(22)29)23-12-14-24(15-13-23)28-18-16-25(19-28)31-20-21-7-2-1-3-8-21/h1-3,7-8,12-15,22,25-26H,4-6,9-11,16-20H2/t22?,25-,26?/m1/s1. The molecule has 0 N–H and O–H groups in total. The molecule has 164 valence electrons. The minimum Gasteiger partial charge on any atom is -0.372 e. The van der Waals surface area contributed by atoms with Crippen molar-refractivity contribution in [2.24, 2.45) is 5.92 Å². The van der Waals surface area contributed by atoms with E-state index in [0.717, 1.165) is 44.0 Å². The Bertz CT molecular complexity index is 865. The first kappa shape index (κ1) is 20.6. The van der Waals surface area contributed by atoms with Gasteiger partial charge < -0.3 is 14.5 Å². The van der Waals surface area contributed by atoms with Gasteiger partial charge in [0.05, 0.1) is 12.7 Å². The third-order valence-electron chi connectivity index (χ3n) is 7.46. The molecule has 5 rings (SSSR count). The van der Waals surface area contributed by atoms with Crippen LogP contribution in [0.3, 0.4) is 0 Å². The lowest BCUT2D eigenvalue weighted by atomic mass is 9.78. The molecule has 2 aromatic carbocycles. The van der Waals surface area contributed by atoms with Gasteiger partial charge in [-0.3, -0.25) is 4.79 Å². The van der Waals surface area contributed by atoms with E-state index >= 15 is 0 Å². The molecule has 0 spiro atoms. The molecular formula is C27H34N2O2. The highest BCUT2D eigenvalue weighted by Crippen LogP contribution is 2.36. The summed E-state index contributed by atoms with van der Waals surface area (Å²) in [5.74, 6) is 0.955. The molecule has 2 aliphatic heterocycles. The smallest absolute Gasteiger partial charge is 0.254 e. The average Bonchev–Trinajstić information content (AvgIpc) is 3.32. The molecule has 3 atom stereocenters. The fourth-order valence-corrected chi connectivity index (χ4v) is 5.74. The number of amides is 1. The fourth-order valence-electron chi connectivity index (χ4n) is 5.74. The zero-order chi connectivity index (χ0) is 21.0. The highest BCUT2D eigenvalue weighted by Gasteiger charge is 2.36. The van der Waals surface area contributed by atoms with Gasteiger partial charge in [0.2, 0.25) is 0 Å². The van der Waals surface area contributed by atoms with Crippen LogP contribution in [0, 0.1) is 5.92 Å². The van der Waals surface area contributed by atoms with Crippen molar-refractivity contribution in [3.05, 3.63) is 65.7 Å². The summed E-state index contributed by atoms with van der Waals surface area (Å²) in [6, 6.07) is 19.1. The Hall–Kier alpha value is -2.33. The first-order chi connectivity index (χ1) is 15.3. The highest BCUT2D eigenvalue weighted by atomic mass is 16.5. The predicted molar refractivity (Wildman–Crippen MR) is 124 cm³/mol. The number of piperidine rings is 1. The molecule has 1 aliphatic carbocycles. The molecular weight excluding hydrogens is 384 g/mol. The second kappa shape index (κ2) is 9.44. The van der Waals surface area contributed by atoms with Crippen LogP contribution in [0.15, 0.2) is 54.6 Å². The highest BCUT2D eigenvalue weighted by molar-refractivity contribution is 5.95. The summed E-state index contributed by atoms with van der Waals surface area (Å²) in [6.07, 6.45) is 8.86. The Morgan fingerprint density at radius 1 is 0.871 bits per heavy atom. The molecule has 2 unspecified atom stereocenters. The number of anilines is 1. The lowest BCUT2D eigenvalue weighted by Gasteiger charge is -2.44. The largest absolute Gasteiger partial charge is 0.372 e. The van der Waals surface area contributed by atoms with Crippen molar-refractivity contribution >= 4 is 11.6 Å². The van der Waals surface area contributed by atoms with Gasteiger partial charge in [0, 0.05) is 36.9 Å².